The summed E-state index contributed by atoms with van der Waals surface area (Å²) in [6.45, 7) is 9.41. The maximum atomic E-state index is 5.78. The highest BCUT2D eigenvalue weighted by molar-refractivity contribution is 5.20. The minimum atomic E-state index is 0.518. The van der Waals surface area contributed by atoms with Gasteiger partial charge >= 0.3 is 0 Å². The number of nitrogens with zero attached hydrogens (tertiary/aromatic N) is 3. The fraction of sp³-hybridized carbons (Fsp3) is 0.500. The Balaban J connectivity index is 1.88. The van der Waals surface area contributed by atoms with Crippen LogP contribution in [0.4, 0.5) is 0 Å². The van der Waals surface area contributed by atoms with Crippen molar-refractivity contribution in [3.8, 4) is 5.75 Å². The number of pyridine rings is 1. The molecule has 21 heavy (non-hydrogen) atoms. The van der Waals surface area contributed by atoms with E-state index in [1.165, 1.54) is 0 Å². The number of aryl methyl sites for hydroxylation is 2. The van der Waals surface area contributed by atoms with Crippen molar-refractivity contribution >= 4 is 0 Å². The Labute approximate surface area is 126 Å². The fourth-order valence-corrected chi connectivity index (χ4v) is 2.14. The highest BCUT2D eigenvalue weighted by Gasteiger charge is 2.05. The number of aromatic nitrogens is 3. The van der Waals surface area contributed by atoms with Gasteiger partial charge in [0.25, 0.3) is 0 Å². The van der Waals surface area contributed by atoms with E-state index in [2.05, 4.69) is 35.3 Å². The third-order valence-corrected chi connectivity index (χ3v) is 3.20. The molecule has 2 rings (SSSR count). The molecule has 1 N–H and O–H groups in total. The maximum absolute atomic E-state index is 5.78. The van der Waals surface area contributed by atoms with Gasteiger partial charge in [-0.15, -0.1) is 0 Å². The van der Waals surface area contributed by atoms with E-state index in [1.54, 1.807) is 6.20 Å². The highest BCUT2D eigenvalue weighted by Crippen LogP contribution is 2.13. The van der Waals surface area contributed by atoms with E-state index in [4.69, 9.17) is 4.74 Å². The van der Waals surface area contributed by atoms with Crippen LogP contribution in [0.5, 0.6) is 5.75 Å². The van der Waals surface area contributed by atoms with Crippen LogP contribution in [-0.2, 0) is 19.7 Å². The summed E-state index contributed by atoms with van der Waals surface area (Å²) in [6, 6.07) is 6.02. The smallest absolute Gasteiger partial charge is 0.138 e. The molecule has 0 spiro atoms. The Morgan fingerprint density at radius 1 is 1.29 bits per heavy atom. The van der Waals surface area contributed by atoms with Crippen molar-refractivity contribution in [2.75, 3.05) is 6.54 Å². The third-order valence-electron chi connectivity index (χ3n) is 3.20. The quantitative estimate of drug-likeness (QED) is 0.759. The van der Waals surface area contributed by atoms with Crippen LogP contribution in [0.2, 0.25) is 0 Å². The molecule has 0 unspecified atom stereocenters. The molecule has 0 aliphatic heterocycles. The zero-order valence-corrected chi connectivity index (χ0v) is 13.1. The molecule has 0 radical (unpaired) electrons. The monoisotopic (exact) mass is 288 g/mol. The second-order valence-corrected chi connectivity index (χ2v) is 5.04. The van der Waals surface area contributed by atoms with Crippen molar-refractivity contribution in [3.05, 3.63) is 41.5 Å². The molecule has 0 aromatic carbocycles. The Bertz CT molecular complexity index is 548. The summed E-state index contributed by atoms with van der Waals surface area (Å²) >= 11 is 0. The lowest BCUT2D eigenvalue weighted by Crippen LogP contribution is -2.14. The van der Waals surface area contributed by atoms with Crippen LogP contribution in [0.3, 0.4) is 0 Å². The first-order chi connectivity index (χ1) is 10.2. The van der Waals surface area contributed by atoms with Gasteiger partial charge < -0.3 is 10.1 Å². The number of hydrogen-bond acceptors (Lipinski definition) is 4. The molecule has 2 aromatic rings. The van der Waals surface area contributed by atoms with Crippen LogP contribution in [-0.4, -0.2) is 21.3 Å². The Morgan fingerprint density at radius 2 is 2.14 bits per heavy atom. The average Bonchev–Trinajstić information content (AvgIpc) is 2.87. The molecule has 114 valence electrons. The molecule has 5 heteroatoms. The molecule has 0 atom stereocenters. The van der Waals surface area contributed by atoms with Gasteiger partial charge in [0.05, 0.1) is 23.3 Å². The van der Waals surface area contributed by atoms with Gasteiger partial charge in [0.2, 0.25) is 0 Å². The van der Waals surface area contributed by atoms with E-state index in [0.29, 0.717) is 6.61 Å². The first-order valence-electron chi connectivity index (χ1n) is 7.54. The molecule has 0 aliphatic rings. The van der Waals surface area contributed by atoms with Gasteiger partial charge in [-0.05, 0) is 45.0 Å². The summed E-state index contributed by atoms with van der Waals surface area (Å²) in [7, 11) is 0. The van der Waals surface area contributed by atoms with Gasteiger partial charge in [0, 0.05) is 13.1 Å². The lowest BCUT2D eigenvalue weighted by Gasteiger charge is -2.08. The predicted molar refractivity (Wildman–Crippen MR) is 83.2 cm³/mol. The van der Waals surface area contributed by atoms with Crippen LogP contribution in [0.25, 0.3) is 0 Å². The fourth-order valence-electron chi connectivity index (χ4n) is 2.14. The maximum Gasteiger partial charge on any atom is 0.138 e. The number of hydrogen-bond donors (Lipinski definition) is 1. The largest absolute Gasteiger partial charge is 0.486 e. The molecule has 0 bridgehead atoms. The average molecular weight is 288 g/mol. The Hall–Kier alpha value is -1.88. The third kappa shape index (κ3) is 4.56. The summed E-state index contributed by atoms with van der Waals surface area (Å²) in [4.78, 5) is 4.40. The summed E-state index contributed by atoms with van der Waals surface area (Å²) < 4.78 is 7.75. The molecular formula is C16H24N4O. The van der Waals surface area contributed by atoms with Crippen molar-refractivity contribution in [2.24, 2.45) is 0 Å². The van der Waals surface area contributed by atoms with Gasteiger partial charge in [0.1, 0.15) is 12.4 Å². The van der Waals surface area contributed by atoms with E-state index in [-0.39, 0.29) is 0 Å². The van der Waals surface area contributed by atoms with E-state index in [9.17, 15) is 0 Å². The normalized spacial score (nSPS) is 10.8. The molecule has 0 saturated carbocycles. The summed E-state index contributed by atoms with van der Waals surface area (Å²) in [5.41, 5.74) is 3.14. The Kier molecular flexibility index (Phi) is 5.75. The standard InChI is InChI=1S/C16H24N4O/c1-4-8-17-10-14-6-7-16(11-18-14)21-12-15-9-13(3)19-20(15)5-2/h6-7,9,11,17H,4-5,8,10,12H2,1-3H3. The number of nitrogens with one attached hydrogen (secondary N) is 1. The van der Waals surface area contributed by atoms with Crippen LogP contribution >= 0.6 is 0 Å². The molecule has 0 saturated heterocycles. The molecule has 0 amide bonds. The topological polar surface area (TPSA) is 52.0 Å². The minimum Gasteiger partial charge on any atom is -0.486 e. The van der Waals surface area contributed by atoms with Crippen molar-refractivity contribution < 1.29 is 4.74 Å². The molecule has 2 heterocycles. The second kappa shape index (κ2) is 7.78. The van der Waals surface area contributed by atoms with Gasteiger partial charge in [-0.2, -0.15) is 5.10 Å². The van der Waals surface area contributed by atoms with Crippen molar-refractivity contribution in [2.45, 2.75) is 46.9 Å². The zero-order chi connectivity index (χ0) is 15.1. The molecule has 0 fully saturated rings. The van der Waals surface area contributed by atoms with Gasteiger partial charge in [-0.3, -0.25) is 9.67 Å². The first-order valence-corrected chi connectivity index (χ1v) is 7.54. The van der Waals surface area contributed by atoms with Gasteiger partial charge in [0.15, 0.2) is 0 Å². The number of rotatable bonds is 8. The van der Waals surface area contributed by atoms with E-state index >= 15 is 0 Å². The summed E-state index contributed by atoms with van der Waals surface area (Å²) in [5.74, 6) is 0.788. The Morgan fingerprint density at radius 3 is 2.81 bits per heavy atom. The van der Waals surface area contributed by atoms with Crippen LogP contribution in [0.15, 0.2) is 24.4 Å². The van der Waals surface area contributed by atoms with Crippen molar-refractivity contribution in [3.63, 3.8) is 0 Å². The molecule has 0 aliphatic carbocycles. The van der Waals surface area contributed by atoms with Crippen molar-refractivity contribution in [1.82, 2.24) is 20.1 Å². The van der Waals surface area contributed by atoms with Gasteiger partial charge in [-0.1, -0.05) is 6.92 Å². The van der Waals surface area contributed by atoms with Crippen molar-refractivity contribution in [1.29, 1.82) is 0 Å². The molecular weight excluding hydrogens is 264 g/mol. The zero-order valence-electron chi connectivity index (χ0n) is 13.1. The summed E-state index contributed by atoms with van der Waals surface area (Å²) in [6.07, 6.45) is 2.91. The van der Waals surface area contributed by atoms with Crippen LogP contribution in [0, 0.1) is 6.92 Å². The van der Waals surface area contributed by atoms with Gasteiger partial charge in [-0.25, -0.2) is 0 Å². The lowest BCUT2D eigenvalue weighted by atomic mass is 10.3. The minimum absolute atomic E-state index is 0.518. The van der Waals surface area contributed by atoms with Crippen LogP contribution < -0.4 is 10.1 Å². The first kappa shape index (κ1) is 15.5. The number of ether oxygens (including phenoxy) is 1. The molecule has 2 aromatic heterocycles. The molecule has 5 nitrogen and oxygen atoms in total. The lowest BCUT2D eigenvalue weighted by molar-refractivity contribution is 0.291. The van der Waals surface area contributed by atoms with E-state index in [0.717, 1.165) is 48.9 Å². The predicted octanol–water partition coefficient (Wildman–Crippen LogP) is 2.69. The second-order valence-electron chi connectivity index (χ2n) is 5.04. The SMILES string of the molecule is CCCNCc1ccc(OCc2cc(C)nn2CC)cn1. The van der Waals surface area contributed by atoms with E-state index < -0.39 is 0 Å². The highest BCUT2D eigenvalue weighted by atomic mass is 16.5. The van der Waals surface area contributed by atoms with E-state index in [1.807, 2.05) is 23.7 Å². The van der Waals surface area contributed by atoms with Crippen LogP contribution in [0.1, 0.15) is 37.4 Å². The summed E-state index contributed by atoms with van der Waals surface area (Å²) in [5, 5.41) is 7.74.